The zero-order valence-corrected chi connectivity index (χ0v) is 23.6. The number of hydrogen-bond acceptors (Lipinski definition) is 5. The van der Waals surface area contributed by atoms with Gasteiger partial charge in [-0.1, -0.05) is 80.4 Å². The third-order valence-electron chi connectivity index (χ3n) is 5.79. The van der Waals surface area contributed by atoms with Crippen molar-refractivity contribution in [1.82, 2.24) is 0 Å². The summed E-state index contributed by atoms with van der Waals surface area (Å²) in [6.45, 7) is 6.36. The quantitative estimate of drug-likeness (QED) is 0.256. The first-order valence-corrected chi connectivity index (χ1v) is 13.2. The first-order valence-electron chi connectivity index (χ1n) is 12.4. The highest BCUT2D eigenvalue weighted by atomic mass is 35.5. The number of aliphatic carboxylic acids is 1. The number of nitrogen functional groups attached to an aromatic ring is 1. The van der Waals surface area contributed by atoms with Crippen molar-refractivity contribution in [3.05, 3.63) is 94.0 Å². The number of carboxylic acid groups (broad SMARTS) is 1. The van der Waals surface area contributed by atoms with Gasteiger partial charge >= 0.3 is 5.97 Å². The predicted octanol–water partition coefficient (Wildman–Crippen LogP) is 6.56. The maximum Gasteiger partial charge on any atom is 0.310 e. The number of anilines is 2. The summed E-state index contributed by atoms with van der Waals surface area (Å²) in [5.74, 6) is -2.24. The average molecular weight is 572 g/mol. The number of ketones is 1. The molecule has 4 rings (SSSR count). The van der Waals surface area contributed by atoms with Crippen molar-refractivity contribution in [2.45, 2.75) is 45.8 Å². The standard InChI is InChI=1S/C24H25Cl2NO5.C6H7N/c1-24(2,3)13-27-19-9-8-14(25)10-17(19)22(16-6-4-5-7-18(16)26)32-20(23(27)31)11-15(28)12-21(29)30;7-6-4-2-1-3-5-6/h4-10,20,22H,11-13H2,1-3H3,(H,29,30);1-5H,7H2. The molecule has 39 heavy (non-hydrogen) atoms. The highest BCUT2D eigenvalue weighted by Gasteiger charge is 2.39. The van der Waals surface area contributed by atoms with Crippen molar-refractivity contribution in [1.29, 1.82) is 0 Å². The Balaban J connectivity index is 0.000000520. The smallest absolute Gasteiger partial charge is 0.310 e. The number of fused-ring (bicyclic) bond motifs is 1. The molecule has 1 amide bonds. The minimum Gasteiger partial charge on any atom is -0.481 e. The summed E-state index contributed by atoms with van der Waals surface area (Å²) in [7, 11) is 0. The van der Waals surface area contributed by atoms with Crippen LogP contribution in [-0.4, -0.2) is 35.4 Å². The second-order valence-electron chi connectivity index (χ2n) is 10.4. The lowest BCUT2D eigenvalue weighted by Gasteiger charge is -2.31. The van der Waals surface area contributed by atoms with E-state index in [1.165, 1.54) is 0 Å². The van der Waals surface area contributed by atoms with Crippen LogP contribution >= 0.6 is 23.2 Å². The maximum atomic E-state index is 13.6. The van der Waals surface area contributed by atoms with Gasteiger partial charge in [-0.25, -0.2) is 0 Å². The minimum atomic E-state index is -1.25. The molecule has 3 aromatic carbocycles. The second kappa shape index (κ2) is 13.1. The molecule has 0 bridgehead atoms. The number of hydrogen-bond donors (Lipinski definition) is 2. The van der Waals surface area contributed by atoms with Gasteiger partial charge in [0.05, 0.1) is 0 Å². The van der Waals surface area contributed by atoms with E-state index in [9.17, 15) is 14.4 Å². The summed E-state index contributed by atoms with van der Waals surface area (Å²) < 4.78 is 6.22. The third kappa shape index (κ3) is 8.55. The molecular weight excluding hydrogens is 539 g/mol. The molecule has 3 N–H and O–H groups in total. The second-order valence-corrected chi connectivity index (χ2v) is 11.3. The van der Waals surface area contributed by atoms with E-state index >= 15 is 0 Å². The zero-order valence-electron chi connectivity index (χ0n) is 22.1. The lowest BCUT2D eigenvalue weighted by Crippen LogP contribution is -2.44. The first kappa shape index (κ1) is 30.2. The third-order valence-corrected chi connectivity index (χ3v) is 6.37. The zero-order chi connectivity index (χ0) is 28.7. The molecule has 0 aromatic heterocycles. The highest BCUT2D eigenvalue weighted by molar-refractivity contribution is 6.31. The van der Waals surface area contributed by atoms with Crippen LogP contribution in [0.1, 0.15) is 50.8 Å². The van der Waals surface area contributed by atoms with E-state index < -0.39 is 36.3 Å². The van der Waals surface area contributed by atoms with Gasteiger partial charge in [-0.3, -0.25) is 14.4 Å². The average Bonchev–Trinajstić information content (AvgIpc) is 2.94. The lowest BCUT2D eigenvalue weighted by molar-refractivity contribution is -0.143. The van der Waals surface area contributed by atoms with Crippen molar-refractivity contribution in [3.8, 4) is 0 Å². The van der Waals surface area contributed by atoms with E-state index in [-0.39, 0.29) is 11.8 Å². The molecule has 0 aliphatic carbocycles. The van der Waals surface area contributed by atoms with Gasteiger partial charge in [0.2, 0.25) is 0 Å². The number of halogens is 2. The molecule has 1 aliphatic heterocycles. The number of Topliss-reactive ketones (excluding diaryl/α,β-unsaturated/α-hetero) is 1. The van der Waals surface area contributed by atoms with Crippen LogP contribution in [0.15, 0.2) is 72.8 Å². The van der Waals surface area contributed by atoms with E-state index in [1.807, 2.05) is 51.1 Å². The van der Waals surface area contributed by atoms with Crippen LogP contribution in [0, 0.1) is 5.41 Å². The maximum absolute atomic E-state index is 13.6. The molecule has 0 spiro atoms. The molecule has 1 aliphatic rings. The van der Waals surface area contributed by atoms with E-state index in [4.69, 9.17) is 38.8 Å². The molecule has 0 radical (unpaired) electrons. The largest absolute Gasteiger partial charge is 0.481 e. The number of amides is 1. The molecule has 2 atom stereocenters. The number of ether oxygens (including phenoxy) is 1. The molecule has 1 heterocycles. The van der Waals surface area contributed by atoms with Crippen LogP contribution in [-0.2, 0) is 19.1 Å². The number of carboxylic acids is 1. The summed E-state index contributed by atoms with van der Waals surface area (Å²) >= 11 is 12.8. The lowest BCUT2D eigenvalue weighted by atomic mass is 9.94. The fourth-order valence-electron chi connectivity index (χ4n) is 4.17. The van der Waals surface area contributed by atoms with E-state index in [2.05, 4.69) is 0 Å². The topological polar surface area (TPSA) is 110 Å². The Hall–Kier alpha value is -3.39. The van der Waals surface area contributed by atoms with Crippen molar-refractivity contribution in [2.24, 2.45) is 5.41 Å². The normalized spacial score (nSPS) is 16.9. The van der Waals surface area contributed by atoms with Crippen LogP contribution in [0.5, 0.6) is 0 Å². The number of para-hydroxylation sites is 1. The molecule has 7 nitrogen and oxygen atoms in total. The fraction of sp³-hybridized carbons (Fsp3) is 0.300. The van der Waals surface area contributed by atoms with Crippen LogP contribution in [0.25, 0.3) is 0 Å². The van der Waals surface area contributed by atoms with Crippen LogP contribution in [0.4, 0.5) is 11.4 Å². The van der Waals surface area contributed by atoms with Gasteiger partial charge in [0.1, 0.15) is 24.4 Å². The molecule has 0 fully saturated rings. The Labute approximate surface area is 238 Å². The molecule has 3 aromatic rings. The molecule has 0 saturated carbocycles. The summed E-state index contributed by atoms with van der Waals surface area (Å²) in [6, 6.07) is 21.8. The van der Waals surface area contributed by atoms with Gasteiger partial charge < -0.3 is 20.5 Å². The van der Waals surface area contributed by atoms with E-state index in [0.29, 0.717) is 33.4 Å². The molecule has 2 unspecified atom stereocenters. The summed E-state index contributed by atoms with van der Waals surface area (Å²) in [5.41, 5.74) is 7.81. The Morgan fingerprint density at radius 1 is 0.974 bits per heavy atom. The van der Waals surface area contributed by atoms with Gasteiger partial charge in [-0.2, -0.15) is 0 Å². The fourth-order valence-corrected chi connectivity index (χ4v) is 4.59. The summed E-state index contributed by atoms with van der Waals surface area (Å²) in [4.78, 5) is 38.5. The summed E-state index contributed by atoms with van der Waals surface area (Å²) in [6.07, 6.45) is -2.97. The Morgan fingerprint density at radius 3 is 2.18 bits per heavy atom. The number of nitrogens with two attached hydrogens (primary N) is 1. The number of carbonyl (C=O) groups is 3. The van der Waals surface area contributed by atoms with E-state index in [1.54, 1.807) is 47.4 Å². The molecule has 9 heteroatoms. The molecule has 206 valence electrons. The number of benzene rings is 3. The van der Waals surface area contributed by atoms with Crippen LogP contribution in [0.2, 0.25) is 10.0 Å². The highest BCUT2D eigenvalue weighted by Crippen LogP contribution is 2.42. The monoisotopic (exact) mass is 570 g/mol. The number of rotatable bonds is 6. The predicted molar refractivity (Wildman–Crippen MR) is 154 cm³/mol. The van der Waals surface area contributed by atoms with Crippen molar-refractivity contribution in [2.75, 3.05) is 17.2 Å². The van der Waals surface area contributed by atoms with Gasteiger partial charge in [-0.15, -0.1) is 0 Å². The SMILES string of the molecule is CC(C)(C)CN1C(=O)C(CC(=O)CC(=O)O)OC(c2ccccc2Cl)c2cc(Cl)ccc21.Nc1ccccc1. The number of carbonyl (C=O) groups excluding carboxylic acids is 2. The van der Waals surface area contributed by atoms with Gasteiger partial charge in [0, 0.05) is 45.5 Å². The van der Waals surface area contributed by atoms with Gasteiger partial charge in [0.25, 0.3) is 5.91 Å². The first-order chi connectivity index (χ1) is 18.4. The van der Waals surface area contributed by atoms with Crippen molar-refractivity contribution in [3.63, 3.8) is 0 Å². The van der Waals surface area contributed by atoms with Crippen LogP contribution in [0.3, 0.4) is 0 Å². The Morgan fingerprint density at radius 2 is 1.62 bits per heavy atom. The summed E-state index contributed by atoms with van der Waals surface area (Å²) in [5, 5.41) is 9.90. The van der Waals surface area contributed by atoms with Gasteiger partial charge in [0.15, 0.2) is 0 Å². The minimum absolute atomic E-state index is 0.258. The van der Waals surface area contributed by atoms with Gasteiger partial charge in [-0.05, 0) is 41.8 Å². The van der Waals surface area contributed by atoms with Crippen molar-refractivity contribution < 1.29 is 24.2 Å². The molecular formula is C30H32Cl2N2O5. The molecule has 0 saturated heterocycles. The number of nitrogens with zero attached hydrogens (tertiary/aromatic N) is 1. The Kier molecular flexibility index (Phi) is 10.1. The van der Waals surface area contributed by atoms with E-state index in [0.717, 1.165) is 5.69 Å². The van der Waals surface area contributed by atoms with Crippen LogP contribution < -0.4 is 10.6 Å². The Bertz CT molecular complexity index is 1320. The van der Waals surface area contributed by atoms with Crippen molar-refractivity contribution >= 4 is 52.2 Å².